The van der Waals surface area contributed by atoms with Crippen molar-refractivity contribution in [3.05, 3.63) is 86.0 Å². The SMILES string of the molecule is C[C@@H](NC(=O)c1ccccc1N(C)C(=O)c1cccs1)c1ccc(Cl)cc1Cl. The first-order valence-corrected chi connectivity index (χ1v) is 10.2. The van der Waals surface area contributed by atoms with E-state index < -0.39 is 0 Å². The molecular formula is C21H18Cl2N2O2S. The third-order valence-corrected chi connectivity index (χ3v) is 5.74. The Hall–Kier alpha value is -2.34. The van der Waals surface area contributed by atoms with Gasteiger partial charge in [-0.1, -0.05) is 47.5 Å². The molecule has 0 aliphatic heterocycles. The highest BCUT2D eigenvalue weighted by molar-refractivity contribution is 7.12. The van der Waals surface area contributed by atoms with Gasteiger partial charge in [-0.3, -0.25) is 9.59 Å². The quantitative estimate of drug-likeness (QED) is 0.551. The Kier molecular flexibility index (Phi) is 6.39. The molecule has 144 valence electrons. The van der Waals surface area contributed by atoms with E-state index in [4.69, 9.17) is 23.2 Å². The maximum Gasteiger partial charge on any atom is 0.268 e. The average Bonchev–Trinajstić information content (AvgIpc) is 3.21. The Morgan fingerprint density at radius 2 is 1.82 bits per heavy atom. The number of nitrogens with zero attached hydrogens (tertiary/aromatic N) is 1. The molecule has 0 aliphatic carbocycles. The largest absolute Gasteiger partial charge is 0.345 e. The van der Waals surface area contributed by atoms with Crippen LogP contribution in [0.4, 0.5) is 5.69 Å². The Labute approximate surface area is 177 Å². The van der Waals surface area contributed by atoms with E-state index in [1.165, 1.54) is 16.2 Å². The van der Waals surface area contributed by atoms with Gasteiger partial charge in [-0.05, 0) is 48.2 Å². The molecule has 0 saturated carbocycles. The molecule has 0 radical (unpaired) electrons. The molecule has 28 heavy (non-hydrogen) atoms. The van der Waals surface area contributed by atoms with Crippen LogP contribution >= 0.6 is 34.5 Å². The fraction of sp³-hybridized carbons (Fsp3) is 0.143. The van der Waals surface area contributed by atoms with Crippen LogP contribution in [0.5, 0.6) is 0 Å². The van der Waals surface area contributed by atoms with Gasteiger partial charge in [0.05, 0.1) is 22.2 Å². The second-order valence-corrected chi connectivity index (χ2v) is 8.01. The number of carbonyl (C=O) groups is 2. The van der Waals surface area contributed by atoms with Gasteiger partial charge in [0.1, 0.15) is 0 Å². The van der Waals surface area contributed by atoms with E-state index in [-0.39, 0.29) is 17.9 Å². The monoisotopic (exact) mass is 432 g/mol. The molecule has 7 heteroatoms. The van der Waals surface area contributed by atoms with Gasteiger partial charge >= 0.3 is 0 Å². The van der Waals surface area contributed by atoms with Crippen molar-refractivity contribution in [2.24, 2.45) is 0 Å². The summed E-state index contributed by atoms with van der Waals surface area (Å²) in [7, 11) is 1.66. The van der Waals surface area contributed by atoms with Crippen molar-refractivity contribution in [2.45, 2.75) is 13.0 Å². The zero-order valence-corrected chi connectivity index (χ0v) is 17.6. The lowest BCUT2D eigenvalue weighted by Gasteiger charge is -2.21. The summed E-state index contributed by atoms with van der Waals surface area (Å²) in [5.41, 5.74) is 1.71. The zero-order valence-electron chi connectivity index (χ0n) is 15.3. The van der Waals surface area contributed by atoms with Crippen molar-refractivity contribution in [3.63, 3.8) is 0 Å². The van der Waals surface area contributed by atoms with Crippen LogP contribution in [0.3, 0.4) is 0 Å². The summed E-state index contributed by atoms with van der Waals surface area (Å²) in [6.07, 6.45) is 0. The Balaban J connectivity index is 1.83. The van der Waals surface area contributed by atoms with Gasteiger partial charge < -0.3 is 10.2 Å². The van der Waals surface area contributed by atoms with Crippen molar-refractivity contribution < 1.29 is 9.59 Å². The van der Waals surface area contributed by atoms with Crippen molar-refractivity contribution in [2.75, 3.05) is 11.9 Å². The normalized spacial score (nSPS) is 11.7. The molecule has 1 aromatic heterocycles. The highest BCUT2D eigenvalue weighted by Gasteiger charge is 2.21. The first-order valence-electron chi connectivity index (χ1n) is 8.55. The predicted octanol–water partition coefficient (Wildman–Crippen LogP) is 5.82. The summed E-state index contributed by atoms with van der Waals surface area (Å²) >= 11 is 13.6. The first-order chi connectivity index (χ1) is 13.4. The van der Waals surface area contributed by atoms with E-state index in [1.807, 2.05) is 18.4 Å². The van der Waals surface area contributed by atoms with Crippen molar-refractivity contribution in [1.29, 1.82) is 0 Å². The molecule has 3 aromatic rings. The summed E-state index contributed by atoms with van der Waals surface area (Å²) in [6.45, 7) is 1.84. The van der Waals surface area contributed by atoms with Gasteiger partial charge in [-0.25, -0.2) is 0 Å². The van der Waals surface area contributed by atoms with Gasteiger partial charge in [0, 0.05) is 17.1 Å². The highest BCUT2D eigenvalue weighted by Crippen LogP contribution is 2.27. The van der Waals surface area contributed by atoms with Crippen LogP contribution in [0.1, 0.15) is 38.6 Å². The Morgan fingerprint density at radius 3 is 2.50 bits per heavy atom. The Bertz CT molecular complexity index is 1010. The summed E-state index contributed by atoms with van der Waals surface area (Å²) in [5.74, 6) is -0.455. The lowest BCUT2D eigenvalue weighted by atomic mass is 10.1. The smallest absolute Gasteiger partial charge is 0.268 e. The fourth-order valence-corrected chi connectivity index (χ4v) is 4.11. The van der Waals surface area contributed by atoms with Crippen LogP contribution in [0.15, 0.2) is 60.0 Å². The lowest BCUT2D eigenvalue weighted by molar-refractivity contribution is 0.0940. The van der Waals surface area contributed by atoms with E-state index in [0.29, 0.717) is 26.2 Å². The lowest BCUT2D eigenvalue weighted by Crippen LogP contribution is -2.31. The van der Waals surface area contributed by atoms with Gasteiger partial charge in [-0.15, -0.1) is 11.3 Å². The summed E-state index contributed by atoms with van der Waals surface area (Å²) in [5, 5.41) is 5.80. The number of anilines is 1. The molecule has 1 N–H and O–H groups in total. The molecule has 0 spiro atoms. The molecule has 0 bridgehead atoms. The van der Waals surface area contributed by atoms with E-state index >= 15 is 0 Å². The van der Waals surface area contributed by atoms with Crippen molar-refractivity contribution in [3.8, 4) is 0 Å². The standard InChI is InChI=1S/C21H18Cl2N2O2S/c1-13(15-10-9-14(22)12-17(15)23)24-20(26)16-6-3-4-7-18(16)25(2)21(27)19-8-5-11-28-19/h3-13H,1-2H3,(H,24,26)/t13-/m1/s1. The van der Waals surface area contributed by atoms with Crippen LogP contribution in [0.2, 0.25) is 10.0 Å². The van der Waals surface area contributed by atoms with Crippen molar-refractivity contribution in [1.82, 2.24) is 5.32 Å². The van der Waals surface area contributed by atoms with Gasteiger partial charge in [0.15, 0.2) is 0 Å². The number of para-hydroxylation sites is 1. The molecule has 0 saturated heterocycles. The molecule has 0 aliphatic rings. The molecule has 0 fully saturated rings. The minimum absolute atomic E-state index is 0.163. The maximum atomic E-state index is 12.9. The molecule has 0 unspecified atom stereocenters. The van der Waals surface area contributed by atoms with Crippen LogP contribution in [0, 0.1) is 0 Å². The third-order valence-electron chi connectivity index (χ3n) is 4.32. The van der Waals surface area contributed by atoms with E-state index in [9.17, 15) is 9.59 Å². The van der Waals surface area contributed by atoms with Gasteiger partial charge in [0.25, 0.3) is 11.8 Å². The first kappa shape index (κ1) is 20.4. The molecule has 1 heterocycles. The number of halogens is 2. The molecule has 3 rings (SSSR count). The third kappa shape index (κ3) is 4.38. The minimum Gasteiger partial charge on any atom is -0.345 e. The molecule has 1 atom stereocenters. The van der Waals surface area contributed by atoms with Crippen LogP contribution in [-0.4, -0.2) is 18.9 Å². The van der Waals surface area contributed by atoms with Crippen LogP contribution in [0.25, 0.3) is 0 Å². The van der Waals surface area contributed by atoms with E-state index in [2.05, 4.69) is 5.32 Å². The number of thiophene rings is 1. The molecular weight excluding hydrogens is 415 g/mol. The fourth-order valence-electron chi connectivity index (χ4n) is 2.84. The van der Waals surface area contributed by atoms with E-state index in [1.54, 1.807) is 55.6 Å². The number of rotatable bonds is 5. The maximum absolute atomic E-state index is 12.9. The molecule has 2 aromatic carbocycles. The highest BCUT2D eigenvalue weighted by atomic mass is 35.5. The van der Waals surface area contributed by atoms with Gasteiger partial charge in [0.2, 0.25) is 0 Å². The zero-order chi connectivity index (χ0) is 20.3. The predicted molar refractivity (Wildman–Crippen MR) is 116 cm³/mol. The number of nitrogens with one attached hydrogen (secondary N) is 1. The van der Waals surface area contributed by atoms with Crippen molar-refractivity contribution >= 4 is 52.0 Å². The number of benzene rings is 2. The van der Waals surface area contributed by atoms with Crippen LogP contribution < -0.4 is 10.2 Å². The van der Waals surface area contributed by atoms with E-state index in [0.717, 1.165) is 5.56 Å². The second kappa shape index (κ2) is 8.78. The topological polar surface area (TPSA) is 49.4 Å². The minimum atomic E-state index is -0.330. The second-order valence-electron chi connectivity index (χ2n) is 6.22. The summed E-state index contributed by atoms with van der Waals surface area (Å²) < 4.78 is 0. The summed E-state index contributed by atoms with van der Waals surface area (Å²) in [4.78, 5) is 27.7. The number of carbonyl (C=O) groups excluding carboxylic acids is 2. The summed E-state index contributed by atoms with van der Waals surface area (Å²) in [6, 6.07) is 15.4. The number of amides is 2. The molecule has 4 nitrogen and oxygen atoms in total. The van der Waals surface area contributed by atoms with Crippen LogP contribution in [-0.2, 0) is 0 Å². The Morgan fingerprint density at radius 1 is 1.07 bits per heavy atom. The van der Waals surface area contributed by atoms with Gasteiger partial charge in [-0.2, -0.15) is 0 Å². The average molecular weight is 433 g/mol. The number of hydrogen-bond donors (Lipinski definition) is 1. The number of hydrogen-bond acceptors (Lipinski definition) is 3. The molecule has 2 amide bonds.